The SMILES string of the molecule is CN(C)c1nc(=S)c2cn[nH]c2[nH]1. The molecule has 2 aromatic heterocycles. The zero-order valence-corrected chi connectivity index (χ0v) is 8.14. The molecule has 2 N–H and O–H groups in total. The zero-order chi connectivity index (χ0) is 9.42. The highest BCUT2D eigenvalue weighted by Gasteiger charge is 2.03. The molecule has 5 nitrogen and oxygen atoms in total. The van der Waals surface area contributed by atoms with E-state index in [0.717, 1.165) is 17.0 Å². The first-order valence-corrected chi connectivity index (χ1v) is 4.20. The molecule has 68 valence electrons. The number of rotatable bonds is 1. The maximum Gasteiger partial charge on any atom is 0.205 e. The standard InChI is InChI=1S/C7H9N5S/c1-12(2)7-9-5-4(3-8-11-5)6(13)10-7/h3H,1-2H3,(H2,8,9,10,11,13). The summed E-state index contributed by atoms with van der Waals surface area (Å²) in [6.07, 6.45) is 1.67. The molecule has 0 unspecified atom stereocenters. The van der Waals surface area contributed by atoms with Gasteiger partial charge in [-0.15, -0.1) is 0 Å². The van der Waals surface area contributed by atoms with Gasteiger partial charge in [-0.25, -0.2) is 4.98 Å². The Bertz CT molecular complexity index is 483. The van der Waals surface area contributed by atoms with Gasteiger partial charge in [-0.1, -0.05) is 12.2 Å². The van der Waals surface area contributed by atoms with Gasteiger partial charge in [0, 0.05) is 14.1 Å². The topological polar surface area (TPSA) is 60.6 Å². The number of nitrogens with one attached hydrogen (secondary N) is 2. The molecule has 0 fully saturated rings. The minimum Gasteiger partial charge on any atom is -0.348 e. The van der Waals surface area contributed by atoms with Crippen LogP contribution in [0.25, 0.3) is 11.0 Å². The minimum absolute atomic E-state index is 0.561. The summed E-state index contributed by atoms with van der Waals surface area (Å²) in [5.41, 5.74) is 0.809. The van der Waals surface area contributed by atoms with Crippen molar-refractivity contribution in [2.75, 3.05) is 19.0 Å². The van der Waals surface area contributed by atoms with Gasteiger partial charge < -0.3 is 9.88 Å². The molecule has 0 saturated heterocycles. The summed E-state index contributed by atoms with van der Waals surface area (Å²) in [6.45, 7) is 0. The van der Waals surface area contributed by atoms with Crippen LogP contribution >= 0.6 is 12.2 Å². The van der Waals surface area contributed by atoms with Crippen molar-refractivity contribution in [1.29, 1.82) is 0 Å². The van der Waals surface area contributed by atoms with Crippen molar-refractivity contribution in [3.63, 3.8) is 0 Å². The molecule has 0 aliphatic carbocycles. The molecule has 0 aliphatic heterocycles. The first-order chi connectivity index (χ1) is 6.18. The molecule has 0 spiro atoms. The largest absolute Gasteiger partial charge is 0.348 e. The Hall–Kier alpha value is -1.43. The molecular formula is C7H9N5S. The zero-order valence-electron chi connectivity index (χ0n) is 7.33. The van der Waals surface area contributed by atoms with Crippen molar-refractivity contribution < 1.29 is 0 Å². The van der Waals surface area contributed by atoms with E-state index in [9.17, 15) is 0 Å². The first-order valence-electron chi connectivity index (χ1n) is 3.79. The number of nitrogens with zero attached hydrogens (tertiary/aromatic N) is 3. The highest BCUT2D eigenvalue weighted by atomic mass is 32.1. The summed E-state index contributed by atoms with van der Waals surface area (Å²) in [6, 6.07) is 0. The molecule has 0 aromatic carbocycles. The summed E-state index contributed by atoms with van der Waals surface area (Å²) in [5.74, 6) is 0.724. The van der Waals surface area contributed by atoms with E-state index >= 15 is 0 Å². The van der Waals surface area contributed by atoms with Crippen molar-refractivity contribution in [2.24, 2.45) is 0 Å². The predicted octanol–water partition coefficient (Wildman–Crippen LogP) is 1.08. The lowest BCUT2D eigenvalue weighted by Gasteiger charge is -2.09. The van der Waals surface area contributed by atoms with E-state index in [0.29, 0.717) is 4.64 Å². The summed E-state index contributed by atoms with van der Waals surface area (Å²) < 4.78 is 0.561. The molecule has 2 rings (SSSR count). The Morgan fingerprint density at radius 3 is 2.92 bits per heavy atom. The van der Waals surface area contributed by atoms with Crippen LogP contribution in [0.5, 0.6) is 0 Å². The van der Waals surface area contributed by atoms with Crippen molar-refractivity contribution in [1.82, 2.24) is 20.2 Å². The predicted molar refractivity (Wildman–Crippen MR) is 53.4 cm³/mol. The fraction of sp³-hybridized carbons (Fsp3) is 0.286. The molecule has 0 amide bonds. The Labute approximate surface area is 79.8 Å². The van der Waals surface area contributed by atoms with Crippen LogP contribution < -0.4 is 4.90 Å². The van der Waals surface area contributed by atoms with Crippen molar-refractivity contribution in [3.8, 4) is 0 Å². The Kier molecular flexibility index (Phi) is 1.77. The van der Waals surface area contributed by atoms with Gasteiger partial charge in [-0.2, -0.15) is 5.10 Å². The second-order valence-electron chi connectivity index (χ2n) is 2.92. The maximum atomic E-state index is 5.10. The maximum absolute atomic E-state index is 5.10. The van der Waals surface area contributed by atoms with Crippen LogP contribution in [0.1, 0.15) is 0 Å². The van der Waals surface area contributed by atoms with Crippen molar-refractivity contribution in [2.45, 2.75) is 0 Å². The van der Waals surface area contributed by atoms with Crippen LogP contribution in [0.3, 0.4) is 0 Å². The van der Waals surface area contributed by atoms with Crippen molar-refractivity contribution in [3.05, 3.63) is 10.8 Å². The highest BCUT2D eigenvalue weighted by molar-refractivity contribution is 7.71. The van der Waals surface area contributed by atoms with Gasteiger partial charge in [-0.3, -0.25) is 5.10 Å². The highest BCUT2D eigenvalue weighted by Crippen LogP contribution is 2.12. The molecule has 0 saturated carbocycles. The monoisotopic (exact) mass is 195 g/mol. The fourth-order valence-corrected chi connectivity index (χ4v) is 1.29. The number of aromatic nitrogens is 4. The molecule has 0 atom stereocenters. The van der Waals surface area contributed by atoms with E-state index in [1.807, 2.05) is 19.0 Å². The van der Waals surface area contributed by atoms with Crippen molar-refractivity contribution >= 4 is 29.2 Å². The molecule has 0 aliphatic rings. The fourth-order valence-electron chi connectivity index (χ4n) is 1.05. The molecule has 2 heterocycles. The average molecular weight is 195 g/mol. The number of H-pyrrole nitrogens is 2. The minimum atomic E-state index is 0.561. The van der Waals surface area contributed by atoms with E-state index in [4.69, 9.17) is 12.2 Å². The Morgan fingerprint density at radius 1 is 1.46 bits per heavy atom. The Balaban J connectivity index is 2.77. The summed E-state index contributed by atoms with van der Waals surface area (Å²) >= 11 is 5.10. The van der Waals surface area contributed by atoms with Gasteiger partial charge >= 0.3 is 0 Å². The third kappa shape index (κ3) is 1.29. The third-order valence-electron chi connectivity index (χ3n) is 1.74. The van der Waals surface area contributed by atoms with E-state index in [2.05, 4.69) is 20.2 Å². The van der Waals surface area contributed by atoms with Crippen LogP contribution in [-0.4, -0.2) is 34.3 Å². The van der Waals surface area contributed by atoms with Crippen LogP contribution in [-0.2, 0) is 0 Å². The van der Waals surface area contributed by atoms with Gasteiger partial charge in [-0.05, 0) is 0 Å². The third-order valence-corrected chi connectivity index (χ3v) is 2.05. The van der Waals surface area contributed by atoms with Gasteiger partial charge in [0.25, 0.3) is 0 Å². The average Bonchev–Trinajstić information content (AvgIpc) is 2.51. The summed E-state index contributed by atoms with van der Waals surface area (Å²) in [4.78, 5) is 9.13. The number of anilines is 1. The molecular weight excluding hydrogens is 186 g/mol. The molecule has 0 radical (unpaired) electrons. The first kappa shape index (κ1) is 8.18. The van der Waals surface area contributed by atoms with E-state index < -0.39 is 0 Å². The number of aromatic amines is 2. The van der Waals surface area contributed by atoms with E-state index in [1.54, 1.807) is 6.20 Å². The van der Waals surface area contributed by atoms with Crippen LogP contribution in [0, 0.1) is 4.64 Å². The van der Waals surface area contributed by atoms with E-state index in [1.165, 1.54) is 0 Å². The molecule has 2 aromatic rings. The smallest absolute Gasteiger partial charge is 0.205 e. The lowest BCUT2D eigenvalue weighted by molar-refractivity contribution is 1.000. The van der Waals surface area contributed by atoms with Gasteiger partial charge in [0.05, 0.1) is 11.6 Å². The number of fused-ring (bicyclic) bond motifs is 1. The van der Waals surface area contributed by atoms with Gasteiger partial charge in [0.15, 0.2) is 0 Å². The lowest BCUT2D eigenvalue weighted by Crippen LogP contribution is -2.12. The van der Waals surface area contributed by atoms with Gasteiger partial charge in [0.1, 0.15) is 10.3 Å². The lowest BCUT2D eigenvalue weighted by atomic mass is 10.4. The second-order valence-corrected chi connectivity index (χ2v) is 3.31. The number of hydrogen-bond donors (Lipinski definition) is 2. The Morgan fingerprint density at radius 2 is 2.23 bits per heavy atom. The summed E-state index contributed by atoms with van der Waals surface area (Å²) in [7, 11) is 3.80. The van der Waals surface area contributed by atoms with Gasteiger partial charge in [0.2, 0.25) is 5.95 Å². The number of hydrogen-bond acceptors (Lipinski definition) is 4. The second kappa shape index (κ2) is 2.81. The quantitative estimate of drug-likeness (QED) is 0.668. The van der Waals surface area contributed by atoms with Crippen LogP contribution in [0.2, 0.25) is 0 Å². The normalized spacial score (nSPS) is 10.6. The van der Waals surface area contributed by atoms with Crippen LogP contribution in [0.15, 0.2) is 6.20 Å². The molecule has 6 heteroatoms. The molecule has 13 heavy (non-hydrogen) atoms. The summed E-state index contributed by atoms with van der Waals surface area (Å²) in [5, 5.41) is 7.55. The van der Waals surface area contributed by atoms with Crippen LogP contribution in [0.4, 0.5) is 5.95 Å². The molecule has 0 bridgehead atoms. The van der Waals surface area contributed by atoms with E-state index in [-0.39, 0.29) is 0 Å².